The minimum atomic E-state index is -1.28. The highest BCUT2D eigenvalue weighted by Gasteiger charge is 2.27. The predicted octanol–water partition coefficient (Wildman–Crippen LogP) is 1.09. The summed E-state index contributed by atoms with van der Waals surface area (Å²) in [5.74, 6) is -1.28. The summed E-state index contributed by atoms with van der Waals surface area (Å²) in [7, 11) is 0. The van der Waals surface area contributed by atoms with Crippen LogP contribution in [0.4, 0.5) is 11.4 Å². The second kappa shape index (κ2) is 5.66. The van der Waals surface area contributed by atoms with Gasteiger partial charge in [0.25, 0.3) is 0 Å². The van der Waals surface area contributed by atoms with Crippen LogP contribution >= 0.6 is 0 Å². The third-order valence-electron chi connectivity index (χ3n) is 3.11. The highest BCUT2D eigenvalue weighted by molar-refractivity contribution is 5.95. The maximum atomic E-state index is 11.2. The summed E-state index contributed by atoms with van der Waals surface area (Å²) in [6, 6.07) is 4.42. The molecule has 2 rings (SSSR count). The molecule has 7 nitrogen and oxygen atoms in total. The summed E-state index contributed by atoms with van der Waals surface area (Å²) < 4.78 is 0. The number of carboxylic acids is 1. The first-order valence-electron chi connectivity index (χ1n) is 6.07. The van der Waals surface area contributed by atoms with Gasteiger partial charge in [0.1, 0.15) is 11.3 Å². The fourth-order valence-electron chi connectivity index (χ4n) is 2.24. The molecule has 1 heterocycles. The highest BCUT2D eigenvalue weighted by Crippen LogP contribution is 2.32. The Labute approximate surface area is 110 Å². The number of nitrogens with one attached hydrogen (secondary N) is 1. The van der Waals surface area contributed by atoms with Gasteiger partial charge < -0.3 is 15.3 Å². The Morgan fingerprint density at radius 1 is 1.37 bits per heavy atom. The van der Waals surface area contributed by atoms with Crippen molar-refractivity contribution in [2.75, 3.05) is 31.1 Å². The second-order valence-corrected chi connectivity index (χ2v) is 4.33. The van der Waals surface area contributed by atoms with Crippen molar-refractivity contribution in [3.63, 3.8) is 0 Å². The molecule has 1 aromatic carbocycles. The Morgan fingerprint density at radius 3 is 2.84 bits per heavy atom. The molecule has 1 saturated heterocycles. The first kappa shape index (κ1) is 13.3. The third-order valence-corrected chi connectivity index (χ3v) is 3.11. The number of nitro benzene ring substituents is 1. The van der Waals surface area contributed by atoms with Gasteiger partial charge in [-0.05, 0) is 25.1 Å². The van der Waals surface area contributed by atoms with Gasteiger partial charge in [-0.1, -0.05) is 6.07 Å². The molecule has 0 atom stereocenters. The van der Waals surface area contributed by atoms with Crippen LogP contribution < -0.4 is 10.2 Å². The minimum Gasteiger partial charge on any atom is -0.477 e. The summed E-state index contributed by atoms with van der Waals surface area (Å²) in [5.41, 5.74) is -0.204. The summed E-state index contributed by atoms with van der Waals surface area (Å²) in [5, 5.41) is 23.4. The first-order valence-corrected chi connectivity index (χ1v) is 6.07. The molecule has 0 spiro atoms. The number of rotatable bonds is 3. The Morgan fingerprint density at radius 2 is 2.16 bits per heavy atom. The van der Waals surface area contributed by atoms with E-state index in [0.717, 1.165) is 19.5 Å². The Hall–Kier alpha value is -2.15. The topological polar surface area (TPSA) is 95.7 Å². The van der Waals surface area contributed by atoms with Gasteiger partial charge in [-0.2, -0.15) is 0 Å². The van der Waals surface area contributed by atoms with E-state index in [2.05, 4.69) is 5.32 Å². The van der Waals surface area contributed by atoms with Gasteiger partial charge in [-0.25, -0.2) is 4.79 Å². The van der Waals surface area contributed by atoms with Crippen molar-refractivity contribution in [2.45, 2.75) is 6.42 Å². The van der Waals surface area contributed by atoms with E-state index in [1.54, 1.807) is 12.1 Å². The van der Waals surface area contributed by atoms with E-state index in [-0.39, 0.29) is 11.3 Å². The Kier molecular flexibility index (Phi) is 3.96. The van der Waals surface area contributed by atoms with Crippen LogP contribution in [0.25, 0.3) is 0 Å². The number of hydrogen-bond donors (Lipinski definition) is 2. The zero-order valence-corrected chi connectivity index (χ0v) is 10.3. The van der Waals surface area contributed by atoms with Crippen LogP contribution in [0.2, 0.25) is 0 Å². The third kappa shape index (κ3) is 2.82. The van der Waals surface area contributed by atoms with Gasteiger partial charge >= 0.3 is 11.7 Å². The van der Waals surface area contributed by atoms with Crippen LogP contribution in [0.1, 0.15) is 16.8 Å². The van der Waals surface area contributed by atoms with E-state index in [1.807, 2.05) is 4.90 Å². The fraction of sp³-hybridized carbons (Fsp3) is 0.417. The van der Waals surface area contributed by atoms with Crippen LogP contribution in [-0.4, -0.2) is 42.2 Å². The molecule has 7 heteroatoms. The molecule has 0 bridgehead atoms. The van der Waals surface area contributed by atoms with Crippen LogP contribution in [0, 0.1) is 10.1 Å². The Balaban J connectivity index is 2.46. The number of nitrogens with zero attached hydrogens (tertiary/aromatic N) is 2. The molecule has 0 radical (unpaired) electrons. The standard InChI is InChI=1S/C12H15N3O4/c16-12(17)9-3-1-4-10(11(9)15(18)19)14-7-2-5-13-6-8-14/h1,3-4,13H,2,5-8H2,(H,16,17). The number of nitro groups is 1. The van der Waals surface area contributed by atoms with Crippen molar-refractivity contribution in [2.24, 2.45) is 0 Å². The summed E-state index contributed by atoms with van der Waals surface area (Å²) in [6.45, 7) is 2.90. The van der Waals surface area contributed by atoms with Gasteiger partial charge in [0.2, 0.25) is 0 Å². The zero-order valence-electron chi connectivity index (χ0n) is 10.3. The quantitative estimate of drug-likeness (QED) is 0.627. The average molecular weight is 265 g/mol. The molecule has 1 aromatic rings. The molecule has 0 aliphatic carbocycles. The molecule has 102 valence electrons. The second-order valence-electron chi connectivity index (χ2n) is 4.33. The first-order chi connectivity index (χ1) is 9.11. The molecule has 2 N–H and O–H groups in total. The fourth-order valence-corrected chi connectivity index (χ4v) is 2.24. The van der Waals surface area contributed by atoms with E-state index >= 15 is 0 Å². The number of anilines is 1. The van der Waals surface area contributed by atoms with E-state index < -0.39 is 10.9 Å². The summed E-state index contributed by atoms with van der Waals surface area (Å²) in [6.07, 6.45) is 0.869. The molecule has 0 aromatic heterocycles. The Bertz CT molecular complexity index is 496. The van der Waals surface area contributed by atoms with Crippen molar-refractivity contribution in [1.29, 1.82) is 0 Å². The van der Waals surface area contributed by atoms with E-state index in [0.29, 0.717) is 18.8 Å². The lowest BCUT2D eigenvalue weighted by atomic mass is 10.1. The lowest BCUT2D eigenvalue weighted by molar-refractivity contribution is -0.384. The molecule has 1 fully saturated rings. The number of aromatic carboxylic acids is 1. The number of hydrogen-bond acceptors (Lipinski definition) is 5. The number of carboxylic acid groups (broad SMARTS) is 1. The van der Waals surface area contributed by atoms with Gasteiger partial charge in [0.15, 0.2) is 0 Å². The maximum absolute atomic E-state index is 11.2. The number of benzene rings is 1. The number of carbonyl (C=O) groups is 1. The van der Waals surface area contributed by atoms with E-state index in [9.17, 15) is 14.9 Å². The lowest BCUT2D eigenvalue weighted by Gasteiger charge is -2.22. The van der Waals surface area contributed by atoms with Crippen LogP contribution in [0.15, 0.2) is 18.2 Å². The molecule has 1 aliphatic heterocycles. The zero-order chi connectivity index (χ0) is 13.8. The smallest absolute Gasteiger partial charge is 0.342 e. The lowest BCUT2D eigenvalue weighted by Crippen LogP contribution is -2.28. The van der Waals surface area contributed by atoms with Crippen molar-refractivity contribution in [1.82, 2.24) is 5.32 Å². The van der Waals surface area contributed by atoms with Crippen LogP contribution in [0.5, 0.6) is 0 Å². The summed E-state index contributed by atoms with van der Waals surface area (Å²) >= 11 is 0. The van der Waals surface area contributed by atoms with Gasteiger partial charge in [0, 0.05) is 19.6 Å². The van der Waals surface area contributed by atoms with Crippen molar-refractivity contribution in [3.05, 3.63) is 33.9 Å². The monoisotopic (exact) mass is 265 g/mol. The van der Waals surface area contributed by atoms with E-state index in [1.165, 1.54) is 6.07 Å². The van der Waals surface area contributed by atoms with Crippen LogP contribution in [0.3, 0.4) is 0 Å². The maximum Gasteiger partial charge on any atom is 0.342 e. The molecule has 1 aliphatic rings. The predicted molar refractivity (Wildman–Crippen MR) is 69.8 cm³/mol. The van der Waals surface area contributed by atoms with Crippen molar-refractivity contribution in [3.8, 4) is 0 Å². The SMILES string of the molecule is O=C(O)c1cccc(N2CCCNCC2)c1[N+](=O)[O-]. The highest BCUT2D eigenvalue weighted by atomic mass is 16.6. The van der Waals surface area contributed by atoms with Gasteiger partial charge in [-0.3, -0.25) is 10.1 Å². The molecular formula is C12H15N3O4. The molecule has 0 amide bonds. The van der Waals surface area contributed by atoms with E-state index in [4.69, 9.17) is 5.11 Å². The molecule has 0 unspecified atom stereocenters. The number of para-hydroxylation sites is 1. The normalized spacial score (nSPS) is 15.9. The van der Waals surface area contributed by atoms with Crippen molar-refractivity contribution >= 4 is 17.3 Å². The van der Waals surface area contributed by atoms with Gasteiger partial charge in [0.05, 0.1) is 4.92 Å². The average Bonchev–Trinajstić information content (AvgIpc) is 2.66. The minimum absolute atomic E-state index is 0.264. The van der Waals surface area contributed by atoms with Crippen molar-refractivity contribution < 1.29 is 14.8 Å². The molecular weight excluding hydrogens is 250 g/mol. The molecule has 19 heavy (non-hydrogen) atoms. The summed E-state index contributed by atoms with van der Waals surface area (Å²) in [4.78, 5) is 23.5. The largest absolute Gasteiger partial charge is 0.477 e. The van der Waals surface area contributed by atoms with Crippen LogP contribution in [-0.2, 0) is 0 Å². The van der Waals surface area contributed by atoms with Gasteiger partial charge in [-0.15, -0.1) is 0 Å². The molecule has 0 saturated carbocycles.